The molecular weight excluding hydrogens is 472 g/mol. The van der Waals surface area contributed by atoms with Crippen LogP contribution in [-0.4, -0.2) is 18.9 Å². The van der Waals surface area contributed by atoms with Crippen molar-refractivity contribution in [3.63, 3.8) is 0 Å². The highest BCUT2D eigenvalue weighted by Gasteiger charge is 2.18. The Balaban J connectivity index is 1.35. The van der Waals surface area contributed by atoms with E-state index in [2.05, 4.69) is 100 Å². The molecule has 0 bridgehead atoms. The summed E-state index contributed by atoms with van der Waals surface area (Å²) in [6.45, 7) is 0. The topological polar surface area (TPSA) is 35.1 Å². The molecule has 0 aliphatic rings. The van der Waals surface area contributed by atoms with Gasteiger partial charge in [-0.15, -0.1) is 11.3 Å². The Morgan fingerprint density at radius 2 is 1.43 bits per heavy atom. The van der Waals surface area contributed by atoms with Gasteiger partial charge in [0.25, 0.3) is 0 Å². The van der Waals surface area contributed by atoms with Gasteiger partial charge in [-0.25, -0.2) is 9.97 Å². The van der Waals surface area contributed by atoms with Crippen molar-refractivity contribution in [2.45, 2.75) is 0 Å². The molecule has 8 aromatic rings. The Morgan fingerprint density at radius 1 is 0.622 bits per heavy atom. The maximum absolute atomic E-state index is 5.01. The average molecular weight is 493 g/mol. The minimum Gasteiger partial charge on any atom is -0.308 e. The number of rotatable bonds is 3. The summed E-state index contributed by atoms with van der Waals surface area (Å²) in [6.07, 6.45) is 4.11. The van der Waals surface area contributed by atoms with Gasteiger partial charge in [-0.1, -0.05) is 66.7 Å². The van der Waals surface area contributed by atoms with Crippen molar-refractivity contribution in [1.82, 2.24) is 18.9 Å². The lowest BCUT2D eigenvalue weighted by Crippen LogP contribution is -1.94. The van der Waals surface area contributed by atoms with Crippen molar-refractivity contribution in [3.05, 3.63) is 122 Å². The first-order chi connectivity index (χ1) is 18.3. The fraction of sp³-hybridized carbons (Fsp3) is 0. The minimum atomic E-state index is 0.950. The smallest absolute Gasteiger partial charge is 0.137 e. The fourth-order valence-corrected chi connectivity index (χ4v) is 6.37. The van der Waals surface area contributed by atoms with Gasteiger partial charge in [0.15, 0.2) is 0 Å². The number of fused-ring (bicyclic) bond motifs is 6. The van der Waals surface area contributed by atoms with Crippen LogP contribution in [0.2, 0.25) is 0 Å². The normalized spacial score (nSPS) is 11.8. The molecule has 0 aliphatic heterocycles. The van der Waals surface area contributed by atoms with Gasteiger partial charge in [0.1, 0.15) is 10.7 Å². The highest BCUT2D eigenvalue weighted by Crippen LogP contribution is 2.40. The van der Waals surface area contributed by atoms with Crippen LogP contribution in [0.5, 0.6) is 0 Å². The number of hydrogen-bond donors (Lipinski definition) is 0. The van der Waals surface area contributed by atoms with Gasteiger partial charge in [-0.05, 0) is 42.5 Å². The Kier molecular flexibility index (Phi) is 4.36. The van der Waals surface area contributed by atoms with Crippen LogP contribution in [0.15, 0.2) is 122 Å². The van der Waals surface area contributed by atoms with Gasteiger partial charge in [0, 0.05) is 40.0 Å². The molecule has 0 radical (unpaired) electrons. The maximum atomic E-state index is 5.01. The zero-order valence-corrected chi connectivity index (χ0v) is 20.6. The van der Waals surface area contributed by atoms with Gasteiger partial charge in [-0.2, -0.15) is 0 Å². The predicted octanol–water partition coefficient (Wildman–Crippen LogP) is 8.38. The van der Waals surface area contributed by atoms with E-state index >= 15 is 0 Å². The third kappa shape index (κ3) is 3.14. The van der Waals surface area contributed by atoms with E-state index in [4.69, 9.17) is 9.97 Å². The van der Waals surface area contributed by atoms with Gasteiger partial charge in [0.2, 0.25) is 0 Å². The van der Waals surface area contributed by atoms with Crippen LogP contribution >= 0.6 is 11.3 Å². The van der Waals surface area contributed by atoms with E-state index in [9.17, 15) is 0 Å². The minimum absolute atomic E-state index is 0.950. The van der Waals surface area contributed by atoms with E-state index in [0.29, 0.717) is 0 Å². The van der Waals surface area contributed by atoms with Crippen LogP contribution in [0.1, 0.15) is 0 Å². The first kappa shape index (κ1) is 20.5. The summed E-state index contributed by atoms with van der Waals surface area (Å²) in [5, 5.41) is 3.54. The monoisotopic (exact) mass is 492 g/mol. The molecule has 8 rings (SSSR count). The first-order valence-electron chi connectivity index (χ1n) is 12.3. The standard InChI is InChI=1S/C32H20N4S/c1-2-8-22(9-3-1)32-34-26-18-17-25-24-10-4-5-11-28(24)36(30(25)31(26)37-32)23-15-13-21(14-16-23)27-20-35-19-7-6-12-29(35)33-27/h1-20H. The molecule has 0 unspecified atom stereocenters. The van der Waals surface area contributed by atoms with E-state index in [1.54, 1.807) is 11.3 Å². The molecule has 4 aromatic heterocycles. The number of thiazole rings is 1. The molecule has 5 heteroatoms. The number of aromatic nitrogens is 4. The predicted molar refractivity (Wildman–Crippen MR) is 154 cm³/mol. The molecule has 0 saturated heterocycles. The van der Waals surface area contributed by atoms with Crippen molar-refractivity contribution in [2.75, 3.05) is 0 Å². The second kappa shape index (κ2) is 7.88. The lowest BCUT2D eigenvalue weighted by Gasteiger charge is -2.09. The quantitative estimate of drug-likeness (QED) is 0.248. The molecule has 174 valence electrons. The second-order valence-corrected chi connectivity index (χ2v) is 10.2. The molecule has 37 heavy (non-hydrogen) atoms. The third-order valence-electron chi connectivity index (χ3n) is 7.00. The Labute approximate surface area is 216 Å². The number of imidazole rings is 1. The van der Waals surface area contributed by atoms with Crippen molar-refractivity contribution >= 4 is 49.0 Å². The van der Waals surface area contributed by atoms with E-state index in [1.807, 2.05) is 30.5 Å². The number of hydrogen-bond acceptors (Lipinski definition) is 3. The molecule has 0 amide bonds. The van der Waals surface area contributed by atoms with Crippen LogP contribution in [0.4, 0.5) is 0 Å². The van der Waals surface area contributed by atoms with Crippen molar-refractivity contribution in [1.29, 1.82) is 0 Å². The van der Waals surface area contributed by atoms with E-state index in [1.165, 1.54) is 26.5 Å². The summed E-state index contributed by atoms with van der Waals surface area (Å²) in [4.78, 5) is 9.80. The summed E-state index contributed by atoms with van der Waals surface area (Å²) in [7, 11) is 0. The van der Waals surface area contributed by atoms with Crippen molar-refractivity contribution < 1.29 is 0 Å². The van der Waals surface area contributed by atoms with Crippen LogP contribution in [0.3, 0.4) is 0 Å². The first-order valence-corrected chi connectivity index (χ1v) is 13.1. The Morgan fingerprint density at radius 3 is 2.30 bits per heavy atom. The number of nitrogens with zero attached hydrogens (tertiary/aromatic N) is 4. The molecular formula is C32H20N4S. The highest BCUT2D eigenvalue weighted by molar-refractivity contribution is 7.22. The Bertz CT molecular complexity index is 2050. The van der Waals surface area contributed by atoms with Gasteiger partial charge >= 0.3 is 0 Å². The molecule has 0 saturated carbocycles. The molecule has 0 N–H and O–H groups in total. The summed E-state index contributed by atoms with van der Waals surface area (Å²) in [5.74, 6) is 0. The SMILES string of the molecule is c1ccc(-c2nc3ccc4c5ccccc5n(-c5ccc(-c6cn7ccccc7n6)cc5)c4c3s2)cc1. The average Bonchev–Trinajstić information content (AvgIpc) is 3.67. The fourth-order valence-electron chi connectivity index (χ4n) is 5.26. The van der Waals surface area contributed by atoms with E-state index in [-0.39, 0.29) is 0 Å². The van der Waals surface area contributed by atoms with Crippen LogP contribution in [-0.2, 0) is 0 Å². The zero-order valence-electron chi connectivity index (χ0n) is 19.7. The summed E-state index contributed by atoms with van der Waals surface area (Å²) < 4.78 is 5.64. The van der Waals surface area contributed by atoms with Crippen LogP contribution in [0, 0.1) is 0 Å². The highest BCUT2D eigenvalue weighted by atomic mass is 32.1. The third-order valence-corrected chi connectivity index (χ3v) is 8.12. The van der Waals surface area contributed by atoms with E-state index < -0.39 is 0 Å². The summed E-state index contributed by atoms with van der Waals surface area (Å²) in [6, 6.07) is 38.2. The molecule has 4 aromatic carbocycles. The number of pyridine rings is 1. The van der Waals surface area contributed by atoms with E-state index in [0.717, 1.165) is 38.7 Å². The van der Waals surface area contributed by atoms with Gasteiger partial charge in [0.05, 0.1) is 26.9 Å². The zero-order chi connectivity index (χ0) is 24.3. The lowest BCUT2D eigenvalue weighted by atomic mass is 10.1. The molecule has 4 heterocycles. The second-order valence-electron chi connectivity index (χ2n) is 9.19. The van der Waals surface area contributed by atoms with Crippen molar-refractivity contribution in [3.8, 4) is 27.5 Å². The van der Waals surface area contributed by atoms with Crippen LogP contribution < -0.4 is 0 Å². The summed E-state index contributed by atoms with van der Waals surface area (Å²) >= 11 is 1.76. The van der Waals surface area contributed by atoms with Crippen LogP contribution in [0.25, 0.3) is 65.2 Å². The van der Waals surface area contributed by atoms with Crippen molar-refractivity contribution in [2.24, 2.45) is 0 Å². The lowest BCUT2D eigenvalue weighted by molar-refractivity contribution is 1.18. The number of para-hydroxylation sites is 1. The Hall–Kier alpha value is -4.74. The number of benzene rings is 4. The summed E-state index contributed by atoms with van der Waals surface area (Å²) in [5.41, 5.74) is 8.73. The van der Waals surface area contributed by atoms with Gasteiger partial charge < -0.3 is 8.97 Å². The molecule has 0 spiro atoms. The maximum Gasteiger partial charge on any atom is 0.137 e. The molecule has 4 nitrogen and oxygen atoms in total. The molecule has 0 fully saturated rings. The largest absolute Gasteiger partial charge is 0.308 e. The molecule has 0 atom stereocenters. The van der Waals surface area contributed by atoms with Gasteiger partial charge in [-0.3, -0.25) is 0 Å². The molecule has 0 aliphatic carbocycles.